The van der Waals surface area contributed by atoms with Crippen molar-refractivity contribution >= 4 is 21.6 Å². The molecule has 21 heavy (non-hydrogen) atoms. The van der Waals surface area contributed by atoms with Gasteiger partial charge in [-0.2, -0.15) is 18.3 Å². The molecule has 1 aliphatic carbocycles. The van der Waals surface area contributed by atoms with Gasteiger partial charge in [-0.1, -0.05) is 6.42 Å². The summed E-state index contributed by atoms with van der Waals surface area (Å²) in [6, 6.07) is -0.881. The largest absolute Gasteiger partial charge is 0.391 e. The molecule has 0 saturated heterocycles. The van der Waals surface area contributed by atoms with Crippen molar-refractivity contribution in [2.75, 3.05) is 5.32 Å². The first-order valence-electron chi connectivity index (χ1n) is 6.85. The fraction of sp³-hybridized carbons (Fsp3) is 0.692. The molecule has 1 N–H and O–H groups in total. The minimum Gasteiger partial charge on any atom is -0.377 e. The van der Waals surface area contributed by atoms with Crippen LogP contribution in [0.2, 0.25) is 0 Å². The van der Waals surface area contributed by atoms with Crippen LogP contribution in [0, 0.1) is 5.92 Å². The van der Waals surface area contributed by atoms with E-state index in [2.05, 4.69) is 26.3 Å². The minimum absolute atomic E-state index is 0.140. The fourth-order valence-corrected chi connectivity index (χ4v) is 2.67. The summed E-state index contributed by atoms with van der Waals surface area (Å²) in [4.78, 5) is 12.3. The highest BCUT2D eigenvalue weighted by Gasteiger charge is 2.30. The second-order valence-corrected chi connectivity index (χ2v) is 6.37. The maximum atomic E-state index is 12.4. The summed E-state index contributed by atoms with van der Waals surface area (Å²) in [6.07, 6.45) is -0.526. The molecule has 1 atom stereocenters. The summed E-state index contributed by atoms with van der Waals surface area (Å²) in [5.41, 5.74) is -0.244. The van der Waals surface area contributed by atoms with E-state index >= 15 is 0 Å². The van der Waals surface area contributed by atoms with Gasteiger partial charge in [0.25, 0.3) is 5.56 Å². The zero-order valence-electron chi connectivity index (χ0n) is 11.6. The predicted octanol–water partition coefficient (Wildman–Crippen LogP) is 3.56. The van der Waals surface area contributed by atoms with Crippen LogP contribution >= 0.6 is 15.9 Å². The number of nitrogens with zero attached hydrogens (tertiary/aromatic N) is 2. The summed E-state index contributed by atoms with van der Waals surface area (Å²) in [7, 11) is 0. The summed E-state index contributed by atoms with van der Waals surface area (Å²) >= 11 is 3.17. The lowest BCUT2D eigenvalue weighted by Crippen LogP contribution is -2.33. The Morgan fingerprint density at radius 1 is 1.52 bits per heavy atom. The Balaban J connectivity index is 2.14. The lowest BCUT2D eigenvalue weighted by Gasteiger charge is -2.25. The number of aromatic nitrogens is 2. The third-order valence-corrected chi connectivity index (χ3v) is 4.18. The van der Waals surface area contributed by atoms with Crippen LogP contribution < -0.4 is 10.9 Å². The molecule has 1 saturated carbocycles. The lowest BCUT2D eigenvalue weighted by molar-refractivity contribution is -0.136. The average molecular weight is 368 g/mol. The summed E-state index contributed by atoms with van der Waals surface area (Å²) in [6.45, 7) is 1.92. The monoisotopic (exact) mass is 367 g/mol. The molecule has 118 valence electrons. The van der Waals surface area contributed by atoms with Gasteiger partial charge in [-0.3, -0.25) is 4.79 Å². The van der Waals surface area contributed by atoms with Crippen molar-refractivity contribution in [3.63, 3.8) is 0 Å². The van der Waals surface area contributed by atoms with Crippen LogP contribution in [0.3, 0.4) is 0 Å². The van der Waals surface area contributed by atoms with E-state index in [0.717, 1.165) is 19.3 Å². The third kappa shape index (κ3) is 4.46. The van der Waals surface area contributed by atoms with Crippen LogP contribution in [-0.2, 0) is 6.54 Å². The molecule has 0 spiro atoms. The van der Waals surface area contributed by atoms with E-state index in [4.69, 9.17) is 0 Å². The first kappa shape index (κ1) is 16.3. The quantitative estimate of drug-likeness (QED) is 0.865. The number of hydrogen-bond donors (Lipinski definition) is 1. The molecular formula is C13H17BrF3N3O. The number of anilines is 1. The Morgan fingerprint density at radius 3 is 2.71 bits per heavy atom. The van der Waals surface area contributed by atoms with Crippen molar-refractivity contribution in [2.24, 2.45) is 5.92 Å². The Hall–Kier alpha value is -1.05. The number of hydrogen-bond acceptors (Lipinski definition) is 3. The molecule has 0 aliphatic heterocycles. The average Bonchev–Trinajstić information content (AvgIpc) is 2.29. The molecule has 0 radical (unpaired) electrons. The molecule has 8 heteroatoms. The SMILES string of the molecule is CC(CC(F)(F)F)Nc1c(Br)cnn(CC2CCC2)c1=O. The Labute approximate surface area is 128 Å². The number of halogens is 4. The third-order valence-electron chi connectivity index (χ3n) is 3.58. The van der Waals surface area contributed by atoms with E-state index in [1.165, 1.54) is 17.8 Å². The number of rotatable bonds is 5. The molecule has 0 amide bonds. The van der Waals surface area contributed by atoms with Crippen LogP contribution in [0.15, 0.2) is 15.5 Å². The molecular weight excluding hydrogens is 351 g/mol. The normalized spacial score (nSPS) is 17.4. The lowest BCUT2D eigenvalue weighted by atomic mass is 9.85. The van der Waals surface area contributed by atoms with Crippen molar-refractivity contribution in [3.8, 4) is 0 Å². The maximum Gasteiger partial charge on any atom is 0.391 e. The topological polar surface area (TPSA) is 46.9 Å². The summed E-state index contributed by atoms with van der Waals surface area (Å²) in [5.74, 6) is 0.442. The van der Waals surface area contributed by atoms with Crippen LogP contribution in [0.4, 0.5) is 18.9 Å². The standard InChI is InChI=1S/C13H17BrF3N3O/c1-8(5-13(15,16)17)19-11-10(14)6-18-20(12(11)21)7-9-3-2-4-9/h6,8-9,19H,2-5,7H2,1H3. The fourth-order valence-electron chi connectivity index (χ4n) is 2.29. The van der Waals surface area contributed by atoms with Gasteiger partial charge in [-0.05, 0) is 41.6 Å². The van der Waals surface area contributed by atoms with Crippen molar-refractivity contribution in [1.29, 1.82) is 0 Å². The second-order valence-electron chi connectivity index (χ2n) is 5.52. The Bertz CT molecular complexity index is 555. The van der Waals surface area contributed by atoms with Gasteiger partial charge in [0.1, 0.15) is 5.69 Å². The zero-order valence-corrected chi connectivity index (χ0v) is 13.2. The molecule has 4 nitrogen and oxygen atoms in total. The highest BCUT2D eigenvalue weighted by molar-refractivity contribution is 9.10. The molecule has 0 aromatic carbocycles. The van der Waals surface area contributed by atoms with Gasteiger partial charge >= 0.3 is 6.18 Å². The van der Waals surface area contributed by atoms with Crippen LogP contribution in [0.5, 0.6) is 0 Å². The molecule has 2 rings (SSSR count). The van der Waals surface area contributed by atoms with Crippen LogP contribution in [0.1, 0.15) is 32.6 Å². The maximum absolute atomic E-state index is 12.4. The van der Waals surface area contributed by atoms with E-state index < -0.39 is 18.6 Å². The summed E-state index contributed by atoms with van der Waals surface area (Å²) < 4.78 is 38.8. The minimum atomic E-state index is -4.27. The first-order valence-corrected chi connectivity index (χ1v) is 7.64. The van der Waals surface area contributed by atoms with E-state index in [1.54, 1.807) is 0 Å². The highest BCUT2D eigenvalue weighted by Crippen LogP contribution is 2.28. The van der Waals surface area contributed by atoms with Gasteiger partial charge in [0.2, 0.25) is 0 Å². The first-order chi connectivity index (χ1) is 9.76. The van der Waals surface area contributed by atoms with Gasteiger partial charge in [0, 0.05) is 12.6 Å². The highest BCUT2D eigenvalue weighted by atomic mass is 79.9. The molecule has 0 bridgehead atoms. The molecule has 1 aliphatic rings. The van der Waals surface area contributed by atoms with Crippen molar-refractivity contribution in [2.45, 2.75) is 51.4 Å². The van der Waals surface area contributed by atoms with Crippen LogP contribution in [0.25, 0.3) is 0 Å². The van der Waals surface area contributed by atoms with Crippen molar-refractivity contribution in [1.82, 2.24) is 9.78 Å². The van der Waals surface area contributed by atoms with Gasteiger partial charge in [0.15, 0.2) is 0 Å². The zero-order chi connectivity index (χ0) is 15.6. The molecule has 1 unspecified atom stereocenters. The molecule has 1 aromatic rings. The van der Waals surface area contributed by atoms with Crippen LogP contribution in [-0.4, -0.2) is 22.0 Å². The van der Waals surface area contributed by atoms with Gasteiger partial charge in [-0.25, -0.2) is 4.68 Å². The van der Waals surface area contributed by atoms with E-state index in [0.29, 0.717) is 16.9 Å². The Morgan fingerprint density at radius 2 is 2.19 bits per heavy atom. The number of alkyl halides is 3. The molecule has 1 heterocycles. The molecule has 1 aromatic heterocycles. The van der Waals surface area contributed by atoms with Gasteiger partial charge < -0.3 is 5.32 Å². The van der Waals surface area contributed by atoms with Gasteiger partial charge in [-0.15, -0.1) is 0 Å². The Kier molecular flexibility index (Phi) is 4.95. The predicted molar refractivity (Wildman–Crippen MR) is 77.3 cm³/mol. The number of nitrogens with one attached hydrogen (secondary N) is 1. The van der Waals surface area contributed by atoms with Gasteiger partial charge in [0.05, 0.1) is 17.1 Å². The van der Waals surface area contributed by atoms with Crippen molar-refractivity contribution < 1.29 is 13.2 Å². The van der Waals surface area contributed by atoms with Crippen molar-refractivity contribution in [3.05, 3.63) is 21.0 Å². The summed E-state index contributed by atoms with van der Waals surface area (Å²) in [5, 5.41) is 6.68. The van der Waals surface area contributed by atoms with E-state index in [-0.39, 0.29) is 11.2 Å². The molecule has 1 fully saturated rings. The second kappa shape index (κ2) is 6.37. The van der Waals surface area contributed by atoms with E-state index in [1.807, 2.05) is 0 Å². The van der Waals surface area contributed by atoms with E-state index in [9.17, 15) is 18.0 Å². The smallest absolute Gasteiger partial charge is 0.377 e.